The second kappa shape index (κ2) is 8.09. The summed E-state index contributed by atoms with van der Waals surface area (Å²) in [5.41, 5.74) is 3.91. The summed E-state index contributed by atoms with van der Waals surface area (Å²) in [6.07, 6.45) is 1.86. The minimum atomic E-state index is -0.243. The average Bonchev–Trinajstić information content (AvgIpc) is 2.75. The molecule has 0 amide bonds. The lowest BCUT2D eigenvalue weighted by Crippen LogP contribution is -2.40. The van der Waals surface area contributed by atoms with E-state index in [1.165, 1.54) is 5.69 Å². The van der Waals surface area contributed by atoms with Gasteiger partial charge in [0.25, 0.3) is 0 Å². The Morgan fingerprint density at radius 2 is 1.56 bits per heavy atom. The lowest BCUT2D eigenvalue weighted by Gasteiger charge is -2.34. The van der Waals surface area contributed by atoms with Gasteiger partial charge in [-0.15, -0.1) is 0 Å². The first kappa shape index (κ1) is 17.3. The summed E-state index contributed by atoms with van der Waals surface area (Å²) in [5.74, 6) is -0.243. The summed E-state index contributed by atoms with van der Waals surface area (Å²) in [6.45, 7) is 1.75. The topological polar surface area (TPSA) is 29.5 Å². The number of anilines is 1. The summed E-state index contributed by atoms with van der Waals surface area (Å²) >= 11 is 0. The second-order valence-corrected chi connectivity index (χ2v) is 6.90. The van der Waals surface area contributed by atoms with E-state index in [4.69, 9.17) is 4.74 Å². The minimum Gasteiger partial charge on any atom is -0.457 e. The van der Waals surface area contributed by atoms with Gasteiger partial charge < -0.3 is 9.64 Å². The van der Waals surface area contributed by atoms with Crippen molar-refractivity contribution in [1.82, 2.24) is 0 Å². The maximum Gasteiger partial charge on any atom is 0.338 e. The molecule has 27 heavy (non-hydrogen) atoms. The number of esters is 1. The number of hydrogen-bond acceptors (Lipinski definition) is 3. The molecule has 0 saturated carbocycles. The van der Waals surface area contributed by atoms with Gasteiger partial charge in [-0.3, -0.25) is 0 Å². The van der Waals surface area contributed by atoms with E-state index in [0.717, 1.165) is 37.1 Å². The van der Waals surface area contributed by atoms with E-state index >= 15 is 0 Å². The van der Waals surface area contributed by atoms with Crippen molar-refractivity contribution in [2.24, 2.45) is 0 Å². The Balaban J connectivity index is 1.45. The zero-order valence-electron chi connectivity index (χ0n) is 15.3. The third-order valence-corrected chi connectivity index (χ3v) is 4.98. The molecule has 1 aliphatic heterocycles. The third kappa shape index (κ3) is 4.20. The van der Waals surface area contributed by atoms with Crippen LogP contribution in [0.25, 0.3) is 11.1 Å². The molecule has 3 aromatic rings. The van der Waals surface area contributed by atoms with Crippen LogP contribution in [0.1, 0.15) is 23.2 Å². The molecule has 1 heterocycles. The van der Waals surface area contributed by atoms with Gasteiger partial charge in [-0.2, -0.15) is 0 Å². The van der Waals surface area contributed by atoms with Crippen LogP contribution >= 0.6 is 0 Å². The van der Waals surface area contributed by atoms with Gasteiger partial charge in [-0.05, 0) is 48.2 Å². The quantitative estimate of drug-likeness (QED) is 0.603. The van der Waals surface area contributed by atoms with E-state index in [9.17, 15) is 4.79 Å². The van der Waals surface area contributed by atoms with Crippen LogP contribution in [-0.2, 0) is 4.74 Å². The van der Waals surface area contributed by atoms with Crippen molar-refractivity contribution in [3.05, 3.63) is 90.5 Å². The van der Waals surface area contributed by atoms with Crippen molar-refractivity contribution in [3.8, 4) is 11.1 Å². The van der Waals surface area contributed by atoms with E-state index in [2.05, 4.69) is 17.0 Å². The number of carbonyl (C=O) groups excluding carboxylic acids is 1. The van der Waals surface area contributed by atoms with Crippen LogP contribution < -0.4 is 4.90 Å². The van der Waals surface area contributed by atoms with E-state index in [1.807, 2.05) is 72.8 Å². The SMILES string of the molecule is O=C(OC1CCCN(c2ccccc2)C1)c1cccc(-c2ccccc2)c1. The van der Waals surface area contributed by atoms with Gasteiger partial charge in [0.15, 0.2) is 0 Å². The molecule has 0 N–H and O–H groups in total. The fraction of sp³-hybridized carbons (Fsp3) is 0.208. The van der Waals surface area contributed by atoms with Gasteiger partial charge in [-0.1, -0.05) is 60.7 Å². The standard InChI is InChI=1S/C24H23NO2/c26-24(21-12-7-11-20(17-21)19-9-3-1-4-10-19)27-23-15-8-16-25(18-23)22-13-5-2-6-14-22/h1-7,9-14,17,23H,8,15-16,18H2. The first-order chi connectivity index (χ1) is 13.3. The minimum absolute atomic E-state index is 0.0770. The maximum atomic E-state index is 12.7. The molecular formula is C24H23NO2. The van der Waals surface area contributed by atoms with E-state index in [0.29, 0.717) is 5.56 Å². The number of rotatable bonds is 4. The first-order valence-electron chi connectivity index (χ1n) is 9.46. The smallest absolute Gasteiger partial charge is 0.338 e. The Labute approximate surface area is 160 Å². The fourth-order valence-electron chi connectivity index (χ4n) is 3.58. The Kier molecular flexibility index (Phi) is 5.20. The molecule has 3 nitrogen and oxygen atoms in total. The number of nitrogens with zero attached hydrogens (tertiary/aromatic N) is 1. The highest BCUT2D eigenvalue weighted by Gasteiger charge is 2.24. The van der Waals surface area contributed by atoms with Crippen LogP contribution in [-0.4, -0.2) is 25.2 Å². The fourth-order valence-corrected chi connectivity index (χ4v) is 3.58. The van der Waals surface area contributed by atoms with Crippen LogP contribution in [0.4, 0.5) is 5.69 Å². The molecule has 136 valence electrons. The highest BCUT2D eigenvalue weighted by molar-refractivity contribution is 5.91. The Hall–Kier alpha value is -3.07. The van der Waals surface area contributed by atoms with Crippen LogP contribution in [0.3, 0.4) is 0 Å². The number of ether oxygens (including phenoxy) is 1. The molecule has 3 heteroatoms. The van der Waals surface area contributed by atoms with Crippen molar-refractivity contribution in [1.29, 1.82) is 0 Å². The summed E-state index contributed by atoms with van der Waals surface area (Å²) in [6, 6.07) is 28.1. The van der Waals surface area contributed by atoms with E-state index < -0.39 is 0 Å². The number of para-hydroxylation sites is 1. The van der Waals surface area contributed by atoms with Crippen LogP contribution in [0, 0.1) is 0 Å². The third-order valence-electron chi connectivity index (χ3n) is 4.98. The molecule has 3 aromatic carbocycles. The summed E-state index contributed by atoms with van der Waals surface area (Å²) in [4.78, 5) is 15.0. The van der Waals surface area contributed by atoms with Gasteiger partial charge in [0.2, 0.25) is 0 Å². The molecule has 1 unspecified atom stereocenters. The van der Waals surface area contributed by atoms with Crippen LogP contribution in [0.2, 0.25) is 0 Å². The molecule has 0 aliphatic carbocycles. The predicted molar refractivity (Wildman–Crippen MR) is 109 cm³/mol. The van der Waals surface area contributed by atoms with Gasteiger partial charge in [-0.25, -0.2) is 4.79 Å². The van der Waals surface area contributed by atoms with Crippen molar-refractivity contribution >= 4 is 11.7 Å². The number of benzene rings is 3. The summed E-state index contributed by atoms with van der Waals surface area (Å²) < 4.78 is 5.84. The van der Waals surface area contributed by atoms with Crippen molar-refractivity contribution < 1.29 is 9.53 Å². The van der Waals surface area contributed by atoms with Gasteiger partial charge in [0, 0.05) is 12.2 Å². The second-order valence-electron chi connectivity index (χ2n) is 6.90. The molecule has 1 aliphatic rings. The number of hydrogen-bond donors (Lipinski definition) is 0. The highest BCUT2D eigenvalue weighted by Crippen LogP contribution is 2.23. The summed E-state index contributed by atoms with van der Waals surface area (Å²) in [7, 11) is 0. The zero-order chi connectivity index (χ0) is 18.5. The molecule has 4 rings (SSSR count). The van der Waals surface area contributed by atoms with Crippen molar-refractivity contribution in [2.75, 3.05) is 18.0 Å². The zero-order valence-corrected chi connectivity index (χ0v) is 15.3. The highest BCUT2D eigenvalue weighted by atomic mass is 16.5. The molecule has 0 radical (unpaired) electrons. The van der Waals surface area contributed by atoms with E-state index in [1.54, 1.807) is 0 Å². The van der Waals surface area contributed by atoms with Gasteiger partial charge in [0.05, 0.1) is 12.1 Å². The Morgan fingerprint density at radius 3 is 2.33 bits per heavy atom. The van der Waals surface area contributed by atoms with Crippen LogP contribution in [0.5, 0.6) is 0 Å². The molecule has 0 bridgehead atoms. The molecule has 0 spiro atoms. The monoisotopic (exact) mass is 357 g/mol. The normalized spacial score (nSPS) is 16.7. The lowest BCUT2D eigenvalue weighted by atomic mass is 10.0. The van der Waals surface area contributed by atoms with Gasteiger partial charge in [0.1, 0.15) is 6.10 Å². The van der Waals surface area contributed by atoms with Crippen molar-refractivity contribution in [3.63, 3.8) is 0 Å². The summed E-state index contributed by atoms with van der Waals surface area (Å²) in [5, 5.41) is 0. The Bertz CT molecular complexity index is 893. The van der Waals surface area contributed by atoms with E-state index in [-0.39, 0.29) is 12.1 Å². The lowest BCUT2D eigenvalue weighted by molar-refractivity contribution is 0.0270. The molecule has 1 atom stereocenters. The predicted octanol–water partition coefficient (Wildman–Crippen LogP) is 5.18. The average molecular weight is 357 g/mol. The molecular weight excluding hydrogens is 334 g/mol. The number of piperidine rings is 1. The molecule has 0 aromatic heterocycles. The van der Waals surface area contributed by atoms with Crippen LogP contribution in [0.15, 0.2) is 84.9 Å². The van der Waals surface area contributed by atoms with Gasteiger partial charge >= 0.3 is 5.97 Å². The Morgan fingerprint density at radius 1 is 0.852 bits per heavy atom. The first-order valence-corrected chi connectivity index (χ1v) is 9.46. The molecule has 1 saturated heterocycles. The van der Waals surface area contributed by atoms with Crippen molar-refractivity contribution in [2.45, 2.75) is 18.9 Å². The largest absolute Gasteiger partial charge is 0.457 e. The number of carbonyl (C=O) groups is 1. The molecule has 1 fully saturated rings. The maximum absolute atomic E-state index is 12.7.